The summed E-state index contributed by atoms with van der Waals surface area (Å²) in [6, 6.07) is 1.02. The van der Waals surface area contributed by atoms with Gasteiger partial charge in [0.15, 0.2) is 0 Å². The Kier molecular flexibility index (Phi) is 3.93. The van der Waals surface area contributed by atoms with Crippen LogP contribution in [0.2, 0.25) is 0 Å². The maximum atomic E-state index is 5.54. The average molecular weight is 256 g/mol. The lowest BCUT2D eigenvalue weighted by atomic mass is 10.1. The summed E-state index contributed by atoms with van der Waals surface area (Å²) >= 11 is 1.96. The zero-order chi connectivity index (χ0) is 12.3. The molecule has 1 aliphatic heterocycles. The molecule has 1 aliphatic rings. The number of anilines is 1. The molecule has 17 heavy (non-hydrogen) atoms. The molecule has 5 nitrogen and oxygen atoms in total. The van der Waals surface area contributed by atoms with Gasteiger partial charge in [-0.3, -0.25) is 0 Å². The van der Waals surface area contributed by atoms with Crippen LogP contribution in [-0.4, -0.2) is 33.3 Å². The molecule has 96 valence electrons. The first kappa shape index (κ1) is 12.7. The molecule has 1 atom stereocenters. The second kappa shape index (κ2) is 5.27. The SMILES string of the molecule is CC(C)(C)NCc1nnc(NC2CCSC2)o1. The summed E-state index contributed by atoms with van der Waals surface area (Å²) < 4.78 is 5.54. The standard InChI is InChI=1S/C11H20N4OS/c1-11(2,3)12-6-9-14-15-10(16-9)13-8-4-5-17-7-8/h8,12H,4-7H2,1-3H3,(H,13,15). The van der Waals surface area contributed by atoms with Crippen molar-refractivity contribution >= 4 is 17.8 Å². The first-order chi connectivity index (χ1) is 8.03. The predicted molar refractivity (Wildman–Crippen MR) is 70.2 cm³/mol. The van der Waals surface area contributed by atoms with Gasteiger partial charge >= 0.3 is 6.01 Å². The minimum atomic E-state index is 0.0597. The van der Waals surface area contributed by atoms with E-state index in [1.807, 2.05) is 11.8 Å². The van der Waals surface area contributed by atoms with Crippen molar-refractivity contribution in [3.05, 3.63) is 5.89 Å². The minimum absolute atomic E-state index is 0.0597. The Morgan fingerprint density at radius 2 is 2.24 bits per heavy atom. The molecule has 1 aromatic heterocycles. The molecule has 0 amide bonds. The fourth-order valence-electron chi connectivity index (χ4n) is 1.55. The van der Waals surface area contributed by atoms with Crippen molar-refractivity contribution in [3.63, 3.8) is 0 Å². The molecule has 0 radical (unpaired) electrons. The van der Waals surface area contributed by atoms with E-state index >= 15 is 0 Å². The number of thioether (sulfide) groups is 1. The van der Waals surface area contributed by atoms with Gasteiger partial charge in [-0.2, -0.15) is 11.8 Å². The summed E-state index contributed by atoms with van der Waals surface area (Å²) in [6.45, 7) is 6.94. The van der Waals surface area contributed by atoms with Crippen LogP contribution in [0.1, 0.15) is 33.1 Å². The van der Waals surface area contributed by atoms with Crippen molar-refractivity contribution in [3.8, 4) is 0 Å². The molecule has 2 N–H and O–H groups in total. The third-order valence-corrected chi connectivity index (χ3v) is 3.66. The highest BCUT2D eigenvalue weighted by Crippen LogP contribution is 2.20. The van der Waals surface area contributed by atoms with E-state index in [0.29, 0.717) is 24.5 Å². The maximum absolute atomic E-state index is 5.54. The van der Waals surface area contributed by atoms with Gasteiger partial charge in [-0.15, -0.1) is 5.10 Å². The Hall–Kier alpha value is -0.750. The van der Waals surface area contributed by atoms with Gasteiger partial charge in [-0.25, -0.2) is 0 Å². The molecule has 0 saturated carbocycles. The number of nitrogens with zero attached hydrogens (tertiary/aromatic N) is 2. The van der Waals surface area contributed by atoms with E-state index in [9.17, 15) is 0 Å². The molecule has 0 aliphatic carbocycles. The summed E-state index contributed by atoms with van der Waals surface area (Å²) in [4.78, 5) is 0. The normalized spacial score (nSPS) is 20.8. The second-order valence-electron chi connectivity index (χ2n) is 5.31. The topological polar surface area (TPSA) is 63.0 Å². The van der Waals surface area contributed by atoms with E-state index in [0.717, 1.165) is 5.75 Å². The van der Waals surface area contributed by atoms with Gasteiger partial charge in [0.2, 0.25) is 5.89 Å². The molecular formula is C11H20N4OS. The van der Waals surface area contributed by atoms with Crippen molar-refractivity contribution < 1.29 is 4.42 Å². The number of rotatable bonds is 4. The smallest absolute Gasteiger partial charge is 0.315 e. The van der Waals surface area contributed by atoms with Crippen LogP contribution in [0.4, 0.5) is 6.01 Å². The van der Waals surface area contributed by atoms with Gasteiger partial charge in [0.05, 0.1) is 6.54 Å². The van der Waals surface area contributed by atoms with Crippen LogP contribution in [0, 0.1) is 0 Å². The van der Waals surface area contributed by atoms with Crippen LogP contribution in [-0.2, 0) is 6.54 Å². The van der Waals surface area contributed by atoms with Crippen LogP contribution >= 0.6 is 11.8 Å². The predicted octanol–water partition coefficient (Wildman–Crippen LogP) is 1.88. The van der Waals surface area contributed by atoms with Crippen molar-refractivity contribution in [2.75, 3.05) is 16.8 Å². The van der Waals surface area contributed by atoms with Crippen molar-refractivity contribution in [2.45, 2.75) is 45.3 Å². The van der Waals surface area contributed by atoms with Gasteiger partial charge < -0.3 is 15.1 Å². The molecule has 1 unspecified atom stereocenters. The van der Waals surface area contributed by atoms with Crippen molar-refractivity contribution in [1.82, 2.24) is 15.5 Å². The van der Waals surface area contributed by atoms with E-state index in [1.54, 1.807) is 0 Å². The lowest BCUT2D eigenvalue weighted by molar-refractivity contribution is 0.383. The third-order valence-electron chi connectivity index (χ3n) is 2.49. The van der Waals surface area contributed by atoms with Gasteiger partial charge in [0, 0.05) is 17.3 Å². The zero-order valence-electron chi connectivity index (χ0n) is 10.6. The molecule has 0 bridgehead atoms. The van der Waals surface area contributed by atoms with E-state index in [4.69, 9.17) is 4.42 Å². The Morgan fingerprint density at radius 3 is 2.88 bits per heavy atom. The van der Waals surface area contributed by atoms with E-state index < -0.39 is 0 Å². The minimum Gasteiger partial charge on any atom is -0.407 e. The Bertz CT molecular complexity index is 355. The Balaban J connectivity index is 1.83. The maximum Gasteiger partial charge on any atom is 0.315 e. The molecule has 1 aromatic rings. The highest BCUT2D eigenvalue weighted by molar-refractivity contribution is 7.99. The van der Waals surface area contributed by atoms with E-state index in [-0.39, 0.29) is 5.54 Å². The van der Waals surface area contributed by atoms with Crippen molar-refractivity contribution in [1.29, 1.82) is 0 Å². The number of aromatic nitrogens is 2. The average Bonchev–Trinajstić information content (AvgIpc) is 2.86. The molecular weight excluding hydrogens is 236 g/mol. The lowest BCUT2D eigenvalue weighted by Crippen LogP contribution is -2.35. The van der Waals surface area contributed by atoms with Crippen LogP contribution in [0.15, 0.2) is 4.42 Å². The summed E-state index contributed by atoms with van der Waals surface area (Å²) in [5.74, 6) is 2.97. The summed E-state index contributed by atoms with van der Waals surface area (Å²) in [5.41, 5.74) is 0.0597. The van der Waals surface area contributed by atoms with Gasteiger partial charge in [0.1, 0.15) is 0 Å². The summed E-state index contributed by atoms with van der Waals surface area (Å²) in [7, 11) is 0. The summed E-state index contributed by atoms with van der Waals surface area (Å²) in [5, 5.41) is 14.6. The summed E-state index contributed by atoms with van der Waals surface area (Å²) in [6.07, 6.45) is 1.17. The molecule has 2 heterocycles. The Labute approximate surface area is 106 Å². The molecule has 2 rings (SSSR count). The van der Waals surface area contributed by atoms with Crippen LogP contribution < -0.4 is 10.6 Å². The Morgan fingerprint density at radius 1 is 1.41 bits per heavy atom. The molecule has 1 fully saturated rings. The largest absolute Gasteiger partial charge is 0.407 e. The fraction of sp³-hybridized carbons (Fsp3) is 0.818. The third kappa shape index (κ3) is 4.20. The first-order valence-corrected chi connectivity index (χ1v) is 7.10. The molecule has 0 spiro atoms. The molecule has 1 saturated heterocycles. The van der Waals surface area contributed by atoms with Crippen molar-refractivity contribution in [2.24, 2.45) is 0 Å². The van der Waals surface area contributed by atoms with Crippen LogP contribution in [0.5, 0.6) is 0 Å². The number of hydrogen-bond donors (Lipinski definition) is 2. The molecule has 0 aromatic carbocycles. The van der Waals surface area contributed by atoms with Gasteiger partial charge in [-0.05, 0) is 32.9 Å². The highest BCUT2D eigenvalue weighted by Gasteiger charge is 2.18. The number of hydrogen-bond acceptors (Lipinski definition) is 6. The monoisotopic (exact) mass is 256 g/mol. The zero-order valence-corrected chi connectivity index (χ0v) is 11.4. The first-order valence-electron chi connectivity index (χ1n) is 5.95. The molecule has 6 heteroatoms. The van der Waals surface area contributed by atoms with E-state index in [1.165, 1.54) is 12.2 Å². The quantitative estimate of drug-likeness (QED) is 0.857. The fourth-order valence-corrected chi connectivity index (χ4v) is 2.70. The van der Waals surface area contributed by atoms with Gasteiger partial charge in [0.25, 0.3) is 0 Å². The second-order valence-corrected chi connectivity index (χ2v) is 6.46. The van der Waals surface area contributed by atoms with Crippen LogP contribution in [0.25, 0.3) is 0 Å². The van der Waals surface area contributed by atoms with E-state index in [2.05, 4.69) is 41.6 Å². The van der Waals surface area contributed by atoms with Gasteiger partial charge in [-0.1, -0.05) is 5.10 Å². The lowest BCUT2D eigenvalue weighted by Gasteiger charge is -2.18. The van der Waals surface area contributed by atoms with Crippen LogP contribution in [0.3, 0.4) is 0 Å². The highest BCUT2D eigenvalue weighted by atomic mass is 32.2. The number of nitrogens with one attached hydrogen (secondary N) is 2.